The van der Waals surface area contributed by atoms with Crippen LogP contribution < -0.4 is 5.73 Å². The summed E-state index contributed by atoms with van der Waals surface area (Å²) in [5.41, 5.74) is 13.6. The normalized spacial score (nSPS) is 25.7. The molecule has 3 rings (SSSR count). The van der Waals surface area contributed by atoms with Gasteiger partial charge in [0.2, 0.25) is 5.91 Å². The molecule has 3 atom stereocenters. The Morgan fingerprint density at radius 1 is 1.26 bits per heavy atom. The van der Waals surface area contributed by atoms with Crippen LogP contribution in [0.1, 0.15) is 53.0 Å². The Bertz CT molecular complexity index is 950. The minimum absolute atomic E-state index is 0.0459. The van der Waals surface area contributed by atoms with Crippen LogP contribution in [-0.2, 0) is 30.2 Å². The molecule has 2 fully saturated rings. The maximum atomic E-state index is 13.4. The van der Waals surface area contributed by atoms with Gasteiger partial charge in [-0.3, -0.25) is 9.59 Å². The van der Waals surface area contributed by atoms with Gasteiger partial charge in [-0.1, -0.05) is 41.9 Å². The van der Waals surface area contributed by atoms with Crippen LogP contribution in [0.5, 0.6) is 0 Å². The first-order valence-electron chi connectivity index (χ1n) is 12.1. The van der Waals surface area contributed by atoms with Crippen molar-refractivity contribution in [2.45, 2.75) is 83.2 Å². The number of hydrogen-bond donors (Lipinski definition) is 1. The molecule has 11 heteroatoms. The van der Waals surface area contributed by atoms with Gasteiger partial charge in [-0.2, -0.15) is 0 Å². The molecule has 1 aromatic rings. The van der Waals surface area contributed by atoms with Crippen LogP contribution in [0, 0.1) is 5.92 Å². The minimum atomic E-state index is -1.52. The molecule has 35 heavy (non-hydrogen) atoms. The lowest BCUT2D eigenvalue weighted by atomic mass is 9.78. The molecular formula is C24H36BN5O5. The summed E-state index contributed by atoms with van der Waals surface area (Å²) in [7, 11) is -0.373. The fourth-order valence-electron chi connectivity index (χ4n) is 4.61. The summed E-state index contributed by atoms with van der Waals surface area (Å²) in [6.07, 6.45) is 1.78. The monoisotopic (exact) mass is 485 g/mol. The summed E-state index contributed by atoms with van der Waals surface area (Å²) in [6.45, 7) is 9.82. The second kappa shape index (κ2) is 10.6. The summed E-state index contributed by atoms with van der Waals surface area (Å²) in [4.78, 5) is 30.5. The Kier molecular flexibility index (Phi) is 8.16. The Morgan fingerprint density at radius 2 is 1.89 bits per heavy atom. The van der Waals surface area contributed by atoms with Crippen molar-refractivity contribution in [1.29, 1.82) is 0 Å². The molecule has 2 aliphatic rings. The molecule has 1 aromatic carbocycles. The average molecular weight is 485 g/mol. The van der Waals surface area contributed by atoms with E-state index in [0.29, 0.717) is 19.2 Å². The van der Waals surface area contributed by atoms with Crippen molar-refractivity contribution in [3.8, 4) is 0 Å². The van der Waals surface area contributed by atoms with Gasteiger partial charge < -0.3 is 24.7 Å². The minimum Gasteiger partial charge on any atom is -0.460 e. The summed E-state index contributed by atoms with van der Waals surface area (Å²) in [5.74, 6) is -1.36. The topological polar surface area (TPSA) is 140 Å². The maximum Gasteiger partial charge on any atom is 0.457 e. The third kappa shape index (κ3) is 5.81. The molecule has 0 aliphatic carbocycles. The summed E-state index contributed by atoms with van der Waals surface area (Å²) in [6, 6.07) is 8.53. The largest absolute Gasteiger partial charge is 0.460 e. The number of carbonyl (C=O) groups excluding carboxylic acids is 2. The zero-order valence-electron chi connectivity index (χ0n) is 21.3. The molecular weight excluding hydrogens is 449 g/mol. The van der Waals surface area contributed by atoms with E-state index in [1.165, 1.54) is 4.90 Å². The lowest BCUT2D eigenvalue weighted by Gasteiger charge is -2.32. The highest BCUT2D eigenvalue weighted by Crippen LogP contribution is 2.40. The number of azide groups is 1. The van der Waals surface area contributed by atoms with E-state index in [0.717, 1.165) is 5.56 Å². The number of benzene rings is 1. The number of carbonyl (C=O) groups is 2. The van der Waals surface area contributed by atoms with Gasteiger partial charge in [0.15, 0.2) is 5.54 Å². The van der Waals surface area contributed by atoms with Crippen LogP contribution in [0.3, 0.4) is 0 Å². The van der Waals surface area contributed by atoms with Crippen molar-refractivity contribution < 1.29 is 23.6 Å². The van der Waals surface area contributed by atoms with Crippen molar-refractivity contribution in [3.63, 3.8) is 0 Å². The van der Waals surface area contributed by atoms with Gasteiger partial charge in [0.25, 0.3) is 0 Å². The van der Waals surface area contributed by atoms with Crippen molar-refractivity contribution >= 4 is 19.0 Å². The SMILES string of the molecule is CC(N)C(=O)N1C[C@H](CCCB2OC(C)(C)C(C)(C)O2)[C@](N=[N+]=[N-])(C(=O)OCc2ccccc2)C1. The van der Waals surface area contributed by atoms with Crippen LogP contribution in [0.4, 0.5) is 0 Å². The highest BCUT2D eigenvalue weighted by molar-refractivity contribution is 6.45. The molecule has 0 radical (unpaired) electrons. The molecule has 0 aromatic heterocycles. The van der Waals surface area contributed by atoms with Crippen molar-refractivity contribution in [2.24, 2.45) is 16.8 Å². The molecule has 0 bridgehead atoms. The van der Waals surface area contributed by atoms with Gasteiger partial charge in [0.1, 0.15) is 6.61 Å². The van der Waals surface area contributed by atoms with E-state index < -0.39 is 34.7 Å². The number of ether oxygens (including phenoxy) is 1. The highest BCUT2D eigenvalue weighted by atomic mass is 16.7. The Balaban J connectivity index is 1.75. The predicted octanol–water partition coefficient (Wildman–Crippen LogP) is 3.46. The summed E-state index contributed by atoms with van der Waals surface area (Å²) < 4.78 is 17.8. The molecule has 2 N–H and O–H groups in total. The molecule has 10 nitrogen and oxygen atoms in total. The fraction of sp³-hybridized carbons (Fsp3) is 0.667. The number of likely N-dealkylation sites (tertiary alicyclic amines) is 1. The van der Waals surface area contributed by atoms with Gasteiger partial charge >= 0.3 is 13.1 Å². The van der Waals surface area contributed by atoms with Crippen LogP contribution in [-0.4, -0.2) is 59.8 Å². The molecule has 2 aliphatic heterocycles. The molecule has 190 valence electrons. The van der Waals surface area contributed by atoms with Crippen LogP contribution in [0.25, 0.3) is 10.4 Å². The molecule has 1 amide bonds. The van der Waals surface area contributed by atoms with Gasteiger partial charge in [-0.25, -0.2) is 0 Å². The van der Waals surface area contributed by atoms with E-state index in [-0.39, 0.29) is 32.7 Å². The molecule has 2 saturated heterocycles. The smallest absolute Gasteiger partial charge is 0.457 e. The van der Waals surface area contributed by atoms with Crippen LogP contribution >= 0.6 is 0 Å². The van der Waals surface area contributed by atoms with Crippen molar-refractivity contribution in [1.82, 2.24) is 4.90 Å². The van der Waals surface area contributed by atoms with Gasteiger partial charge in [0.05, 0.1) is 17.2 Å². The quantitative estimate of drug-likeness (QED) is 0.187. The molecule has 2 heterocycles. The first-order chi connectivity index (χ1) is 16.4. The van der Waals surface area contributed by atoms with E-state index in [1.54, 1.807) is 6.92 Å². The van der Waals surface area contributed by atoms with Crippen LogP contribution in [0.15, 0.2) is 35.4 Å². The van der Waals surface area contributed by atoms with E-state index in [2.05, 4.69) is 10.0 Å². The number of nitrogens with zero attached hydrogens (tertiary/aromatic N) is 4. The number of rotatable bonds is 9. The summed E-state index contributed by atoms with van der Waals surface area (Å²) >= 11 is 0. The predicted molar refractivity (Wildman–Crippen MR) is 132 cm³/mol. The zero-order chi connectivity index (χ0) is 25.9. The number of nitrogens with two attached hydrogens (primary N) is 1. The van der Waals surface area contributed by atoms with E-state index in [9.17, 15) is 15.1 Å². The fourth-order valence-corrected chi connectivity index (χ4v) is 4.61. The number of hydrogen-bond acceptors (Lipinski definition) is 7. The molecule has 0 saturated carbocycles. The second-order valence-corrected chi connectivity index (χ2v) is 10.5. The third-order valence-corrected chi connectivity index (χ3v) is 7.33. The lowest BCUT2D eigenvalue weighted by Crippen LogP contribution is -2.47. The third-order valence-electron chi connectivity index (χ3n) is 7.33. The first kappa shape index (κ1) is 27.0. The summed E-state index contributed by atoms with van der Waals surface area (Å²) in [5, 5.41) is 3.95. The highest BCUT2D eigenvalue weighted by Gasteiger charge is 2.55. The zero-order valence-corrected chi connectivity index (χ0v) is 21.3. The van der Waals surface area contributed by atoms with Gasteiger partial charge in [0, 0.05) is 23.9 Å². The van der Waals surface area contributed by atoms with Crippen LogP contribution in [0.2, 0.25) is 6.32 Å². The Hall–Kier alpha value is -2.59. The average Bonchev–Trinajstić information content (AvgIpc) is 3.26. The van der Waals surface area contributed by atoms with Gasteiger partial charge in [-0.15, -0.1) is 0 Å². The van der Waals surface area contributed by atoms with Crippen molar-refractivity contribution in [3.05, 3.63) is 46.3 Å². The molecule has 1 unspecified atom stereocenters. The van der Waals surface area contributed by atoms with Crippen molar-refractivity contribution in [2.75, 3.05) is 13.1 Å². The Morgan fingerprint density at radius 3 is 2.46 bits per heavy atom. The second-order valence-electron chi connectivity index (χ2n) is 10.5. The van der Waals surface area contributed by atoms with E-state index in [1.807, 2.05) is 58.0 Å². The molecule has 0 spiro atoms. The Labute approximate surface area is 207 Å². The van der Waals surface area contributed by atoms with Gasteiger partial charge in [-0.05, 0) is 58.5 Å². The standard InChI is InChI=1S/C24H36BN5O5/c1-17(26)20(31)30-14-19(12-9-13-25-34-22(2,3)23(4,5)35-25)24(16-30,28-29-27)21(32)33-15-18-10-7-6-8-11-18/h6-8,10-11,17,19H,9,12-16,26H2,1-5H3/t17?,19-,24-/m0/s1. The number of amides is 1. The maximum absolute atomic E-state index is 13.4. The lowest BCUT2D eigenvalue weighted by molar-refractivity contribution is -0.152. The van der Waals surface area contributed by atoms with E-state index in [4.69, 9.17) is 19.8 Å². The number of esters is 1. The van der Waals surface area contributed by atoms with E-state index >= 15 is 0 Å². The first-order valence-corrected chi connectivity index (χ1v) is 12.1.